The van der Waals surface area contributed by atoms with Crippen LogP contribution in [0.5, 0.6) is 0 Å². The SMILES string of the molecule is CCNC(=O)CCC(C(=O)O)c1ccc(Cl)cc1. The van der Waals surface area contributed by atoms with Crippen LogP contribution in [0.2, 0.25) is 5.02 Å². The van der Waals surface area contributed by atoms with Gasteiger partial charge in [-0.3, -0.25) is 9.59 Å². The van der Waals surface area contributed by atoms with Gasteiger partial charge in [0.2, 0.25) is 5.91 Å². The third-order valence-electron chi connectivity index (χ3n) is 2.60. The van der Waals surface area contributed by atoms with Crippen LogP contribution < -0.4 is 5.32 Å². The normalized spacial score (nSPS) is 11.9. The number of hydrogen-bond acceptors (Lipinski definition) is 2. The van der Waals surface area contributed by atoms with Gasteiger partial charge in [0.1, 0.15) is 0 Å². The third-order valence-corrected chi connectivity index (χ3v) is 2.86. The van der Waals surface area contributed by atoms with Gasteiger partial charge in [0.25, 0.3) is 0 Å². The van der Waals surface area contributed by atoms with Gasteiger partial charge in [-0.25, -0.2) is 0 Å². The Hall–Kier alpha value is -1.55. The van der Waals surface area contributed by atoms with Crippen molar-refractivity contribution in [2.45, 2.75) is 25.7 Å². The maximum atomic E-state index is 11.3. The molecular weight excluding hydrogens is 254 g/mol. The fraction of sp³-hybridized carbons (Fsp3) is 0.385. The molecule has 1 aromatic carbocycles. The molecule has 1 rings (SSSR count). The van der Waals surface area contributed by atoms with Crippen LogP contribution in [0, 0.1) is 0 Å². The minimum Gasteiger partial charge on any atom is -0.481 e. The monoisotopic (exact) mass is 269 g/mol. The molecule has 0 aliphatic carbocycles. The van der Waals surface area contributed by atoms with E-state index in [0.29, 0.717) is 17.1 Å². The van der Waals surface area contributed by atoms with Crippen LogP contribution in [0.1, 0.15) is 31.2 Å². The Bertz CT molecular complexity index is 417. The number of carbonyl (C=O) groups is 2. The van der Waals surface area contributed by atoms with Gasteiger partial charge < -0.3 is 10.4 Å². The van der Waals surface area contributed by atoms with Gasteiger partial charge in [0.05, 0.1) is 5.92 Å². The van der Waals surface area contributed by atoms with E-state index in [9.17, 15) is 14.7 Å². The summed E-state index contributed by atoms with van der Waals surface area (Å²) in [6.07, 6.45) is 0.482. The van der Waals surface area contributed by atoms with Gasteiger partial charge in [-0.15, -0.1) is 0 Å². The Morgan fingerprint density at radius 2 is 1.94 bits per heavy atom. The van der Waals surface area contributed by atoms with E-state index < -0.39 is 11.9 Å². The summed E-state index contributed by atoms with van der Waals surface area (Å²) in [5.74, 6) is -1.73. The van der Waals surface area contributed by atoms with E-state index in [1.807, 2.05) is 6.92 Å². The highest BCUT2D eigenvalue weighted by Gasteiger charge is 2.20. The lowest BCUT2D eigenvalue weighted by Crippen LogP contribution is -2.24. The summed E-state index contributed by atoms with van der Waals surface area (Å²) in [5, 5.41) is 12.4. The molecule has 1 atom stereocenters. The molecule has 0 aliphatic rings. The number of aliphatic carboxylic acids is 1. The average molecular weight is 270 g/mol. The first-order valence-corrected chi connectivity index (χ1v) is 6.17. The molecule has 98 valence electrons. The average Bonchev–Trinajstić information content (AvgIpc) is 2.31. The number of carbonyl (C=O) groups excluding carboxylic acids is 1. The number of amides is 1. The van der Waals surface area contributed by atoms with Gasteiger partial charge in [-0.2, -0.15) is 0 Å². The minimum atomic E-state index is -0.929. The molecule has 1 amide bonds. The zero-order chi connectivity index (χ0) is 13.5. The lowest BCUT2D eigenvalue weighted by molar-refractivity contribution is -0.139. The molecular formula is C13H16ClNO3. The van der Waals surface area contributed by atoms with E-state index in [1.54, 1.807) is 24.3 Å². The Balaban J connectivity index is 2.69. The molecule has 18 heavy (non-hydrogen) atoms. The van der Waals surface area contributed by atoms with Gasteiger partial charge in [-0.1, -0.05) is 23.7 Å². The lowest BCUT2D eigenvalue weighted by atomic mass is 9.94. The molecule has 0 bridgehead atoms. The molecule has 2 N–H and O–H groups in total. The molecule has 1 aromatic rings. The highest BCUT2D eigenvalue weighted by Crippen LogP contribution is 2.23. The molecule has 0 fully saturated rings. The van der Waals surface area contributed by atoms with E-state index in [4.69, 9.17) is 11.6 Å². The van der Waals surface area contributed by atoms with E-state index in [1.165, 1.54) is 0 Å². The van der Waals surface area contributed by atoms with Crippen molar-refractivity contribution in [1.82, 2.24) is 5.32 Å². The van der Waals surface area contributed by atoms with E-state index >= 15 is 0 Å². The first-order chi connectivity index (χ1) is 8.54. The first kappa shape index (κ1) is 14.5. The zero-order valence-corrected chi connectivity index (χ0v) is 10.9. The fourth-order valence-electron chi connectivity index (χ4n) is 1.69. The molecule has 4 nitrogen and oxygen atoms in total. The smallest absolute Gasteiger partial charge is 0.310 e. The van der Waals surface area contributed by atoms with Gasteiger partial charge >= 0.3 is 5.97 Å². The Morgan fingerprint density at radius 3 is 2.44 bits per heavy atom. The molecule has 1 unspecified atom stereocenters. The Labute approximate surface area is 111 Å². The Morgan fingerprint density at radius 1 is 1.33 bits per heavy atom. The molecule has 5 heteroatoms. The van der Waals surface area contributed by atoms with Crippen molar-refractivity contribution in [2.24, 2.45) is 0 Å². The number of halogens is 1. The van der Waals surface area contributed by atoms with Gasteiger partial charge in [0, 0.05) is 18.0 Å². The predicted molar refractivity (Wildman–Crippen MR) is 69.7 cm³/mol. The second kappa shape index (κ2) is 7.01. The highest BCUT2D eigenvalue weighted by molar-refractivity contribution is 6.30. The van der Waals surface area contributed by atoms with Crippen LogP contribution in [-0.2, 0) is 9.59 Å². The van der Waals surface area contributed by atoms with Crippen LogP contribution in [0.4, 0.5) is 0 Å². The summed E-state index contributed by atoms with van der Waals surface area (Å²) >= 11 is 5.75. The van der Waals surface area contributed by atoms with Crippen LogP contribution in [0.3, 0.4) is 0 Å². The lowest BCUT2D eigenvalue weighted by Gasteiger charge is -2.12. The molecule has 0 heterocycles. The van der Waals surface area contributed by atoms with Gasteiger partial charge in [-0.05, 0) is 31.0 Å². The van der Waals surface area contributed by atoms with Gasteiger partial charge in [0.15, 0.2) is 0 Å². The molecule has 0 saturated carbocycles. The molecule has 0 spiro atoms. The highest BCUT2D eigenvalue weighted by atomic mass is 35.5. The second-order valence-electron chi connectivity index (χ2n) is 3.93. The first-order valence-electron chi connectivity index (χ1n) is 5.79. The van der Waals surface area contributed by atoms with Crippen molar-refractivity contribution >= 4 is 23.5 Å². The number of hydrogen-bond donors (Lipinski definition) is 2. The minimum absolute atomic E-state index is 0.127. The molecule has 0 aromatic heterocycles. The van der Waals surface area contributed by atoms with E-state index in [0.717, 1.165) is 0 Å². The van der Waals surface area contributed by atoms with Crippen molar-refractivity contribution in [3.63, 3.8) is 0 Å². The number of benzene rings is 1. The van der Waals surface area contributed by atoms with Crippen molar-refractivity contribution in [3.05, 3.63) is 34.9 Å². The third kappa shape index (κ3) is 4.37. The van der Waals surface area contributed by atoms with E-state index in [2.05, 4.69) is 5.32 Å². The maximum Gasteiger partial charge on any atom is 0.310 e. The summed E-state index contributed by atoms with van der Waals surface area (Å²) in [6.45, 7) is 2.38. The topological polar surface area (TPSA) is 66.4 Å². The summed E-state index contributed by atoms with van der Waals surface area (Å²) in [6, 6.07) is 6.66. The number of nitrogens with one attached hydrogen (secondary N) is 1. The molecule has 0 saturated heterocycles. The maximum absolute atomic E-state index is 11.3. The predicted octanol–water partition coefficient (Wildman–Crippen LogP) is 2.42. The van der Waals surface area contributed by atoms with Crippen molar-refractivity contribution in [1.29, 1.82) is 0 Å². The standard InChI is InChI=1S/C13H16ClNO3/c1-2-15-12(16)8-7-11(13(17)18)9-3-5-10(14)6-4-9/h3-6,11H,2,7-8H2,1H3,(H,15,16)(H,17,18). The summed E-state index contributed by atoms with van der Waals surface area (Å²) in [4.78, 5) is 22.5. The number of carboxylic acid groups (broad SMARTS) is 1. The zero-order valence-electron chi connectivity index (χ0n) is 10.1. The summed E-state index contributed by atoms with van der Waals surface area (Å²) in [5.41, 5.74) is 0.663. The fourth-order valence-corrected chi connectivity index (χ4v) is 1.81. The van der Waals surface area contributed by atoms with Crippen molar-refractivity contribution < 1.29 is 14.7 Å². The molecule has 0 aliphatic heterocycles. The summed E-state index contributed by atoms with van der Waals surface area (Å²) in [7, 11) is 0. The van der Waals surface area contributed by atoms with Crippen molar-refractivity contribution in [2.75, 3.05) is 6.54 Å². The van der Waals surface area contributed by atoms with Crippen molar-refractivity contribution in [3.8, 4) is 0 Å². The largest absolute Gasteiger partial charge is 0.481 e. The van der Waals surface area contributed by atoms with Crippen LogP contribution >= 0.6 is 11.6 Å². The number of rotatable bonds is 6. The van der Waals surface area contributed by atoms with E-state index in [-0.39, 0.29) is 18.7 Å². The van der Waals surface area contributed by atoms with Crippen LogP contribution in [0.25, 0.3) is 0 Å². The second-order valence-corrected chi connectivity index (χ2v) is 4.37. The Kier molecular flexibility index (Phi) is 5.65. The van der Waals surface area contributed by atoms with Crippen LogP contribution in [-0.4, -0.2) is 23.5 Å². The summed E-state index contributed by atoms with van der Waals surface area (Å²) < 4.78 is 0. The molecule has 0 radical (unpaired) electrons. The van der Waals surface area contributed by atoms with Crippen LogP contribution in [0.15, 0.2) is 24.3 Å². The quantitative estimate of drug-likeness (QED) is 0.833. The number of carboxylic acids is 1.